The molecule has 2 aliphatic heterocycles. The lowest BCUT2D eigenvalue weighted by molar-refractivity contribution is -0.205. The molecule has 0 amide bonds. The van der Waals surface area contributed by atoms with Crippen LogP contribution in [0.4, 0.5) is 0 Å². The average Bonchev–Trinajstić information content (AvgIpc) is 2.64. The van der Waals surface area contributed by atoms with Crippen LogP contribution in [0.15, 0.2) is 30.3 Å². The van der Waals surface area contributed by atoms with Gasteiger partial charge in [0.1, 0.15) is 0 Å². The van der Waals surface area contributed by atoms with E-state index in [0.717, 1.165) is 31.5 Å². The van der Waals surface area contributed by atoms with Gasteiger partial charge in [-0.2, -0.15) is 5.06 Å². The second-order valence-corrected chi connectivity index (χ2v) is 5.60. The maximum absolute atomic E-state index is 6.03. The zero-order valence-corrected chi connectivity index (χ0v) is 11.1. The highest BCUT2D eigenvalue weighted by molar-refractivity contribution is 5.14. The van der Waals surface area contributed by atoms with Gasteiger partial charge in [0.05, 0.1) is 6.61 Å². The first-order valence-electron chi connectivity index (χ1n) is 7.38. The van der Waals surface area contributed by atoms with E-state index in [4.69, 9.17) is 4.84 Å². The zero-order chi connectivity index (χ0) is 12.2. The Hall–Kier alpha value is -0.860. The van der Waals surface area contributed by atoms with E-state index in [2.05, 4.69) is 35.4 Å². The average molecular weight is 245 g/mol. The van der Waals surface area contributed by atoms with E-state index in [-0.39, 0.29) is 0 Å². The Kier molecular flexibility index (Phi) is 3.96. The van der Waals surface area contributed by atoms with Crippen LogP contribution in [0, 0.1) is 0 Å². The molecule has 0 saturated carbocycles. The van der Waals surface area contributed by atoms with Crippen LogP contribution >= 0.6 is 0 Å². The predicted molar refractivity (Wildman–Crippen MR) is 73.2 cm³/mol. The van der Waals surface area contributed by atoms with Gasteiger partial charge in [0.25, 0.3) is 0 Å². The molecule has 2 nitrogen and oxygen atoms in total. The van der Waals surface area contributed by atoms with Crippen molar-refractivity contribution in [2.75, 3.05) is 6.61 Å². The molecule has 2 atom stereocenters. The van der Waals surface area contributed by atoms with Gasteiger partial charge in [0, 0.05) is 12.1 Å². The first-order valence-corrected chi connectivity index (χ1v) is 7.38. The molecule has 0 spiro atoms. The Balaban J connectivity index is 1.40. The molecule has 1 aromatic rings. The number of fused-ring (bicyclic) bond motifs is 2. The van der Waals surface area contributed by atoms with Gasteiger partial charge >= 0.3 is 0 Å². The Labute approximate surface area is 110 Å². The third-order valence-corrected chi connectivity index (χ3v) is 4.32. The summed E-state index contributed by atoms with van der Waals surface area (Å²) in [7, 11) is 0. The summed E-state index contributed by atoms with van der Waals surface area (Å²) in [5.74, 6) is 0. The lowest BCUT2D eigenvalue weighted by Crippen LogP contribution is -2.39. The standard InChI is InChI=1S/C16H23NO/c1-2-6-14(7-3-1)8-5-13-18-17-15-9-4-10-16(17)12-11-15/h1-3,6-7,15-16H,4-5,8-13H2. The van der Waals surface area contributed by atoms with Gasteiger partial charge in [-0.3, -0.25) is 4.84 Å². The molecule has 2 saturated heterocycles. The van der Waals surface area contributed by atoms with Crippen LogP contribution in [0.5, 0.6) is 0 Å². The van der Waals surface area contributed by atoms with Crippen molar-refractivity contribution in [1.29, 1.82) is 0 Å². The number of piperidine rings is 1. The SMILES string of the molecule is c1ccc(CCCON2C3CCCC2CC3)cc1. The molecule has 0 N–H and O–H groups in total. The number of rotatable bonds is 5. The monoisotopic (exact) mass is 245 g/mol. The molecule has 2 heteroatoms. The Bertz CT molecular complexity index is 349. The van der Waals surface area contributed by atoms with Crippen molar-refractivity contribution in [3.05, 3.63) is 35.9 Å². The first-order chi connectivity index (χ1) is 8.93. The fourth-order valence-corrected chi connectivity index (χ4v) is 3.37. The van der Waals surface area contributed by atoms with E-state index in [1.807, 2.05) is 0 Å². The van der Waals surface area contributed by atoms with Gasteiger partial charge in [0.15, 0.2) is 0 Å². The smallest absolute Gasteiger partial charge is 0.0688 e. The number of hydrogen-bond donors (Lipinski definition) is 0. The van der Waals surface area contributed by atoms with Crippen molar-refractivity contribution in [3.63, 3.8) is 0 Å². The Morgan fingerprint density at radius 1 is 1.00 bits per heavy atom. The number of nitrogens with zero attached hydrogens (tertiary/aromatic N) is 1. The third kappa shape index (κ3) is 2.76. The lowest BCUT2D eigenvalue weighted by Gasteiger charge is -2.33. The molecule has 3 rings (SSSR count). The number of aryl methyl sites for hydroxylation is 1. The van der Waals surface area contributed by atoms with Gasteiger partial charge < -0.3 is 0 Å². The molecule has 2 heterocycles. The quantitative estimate of drug-likeness (QED) is 0.735. The fourth-order valence-electron chi connectivity index (χ4n) is 3.37. The van der Waals surface area contributed by atoms with E-state index in [1.165, 1.54) is 37.7 Å². The van der Waals surface area contributed by atoms with Crippen LogP contribution in [0.1, 0.15) is 44.1 Å². The minimum absolute atomic E-state index is 0.723. The summed E-state index contributed by atoms with van der Waals surface area (Å²) in [6.07, 6.45) is 9.04. The Morgan fingerprint density at radius 2 is 1.72 bits per heavy atom. The van der Waals surface area contributed by atoms with Gasteiger partial charge in [-0.15, -0.1) is 0 Å². The van der Waals surface area contributed by atoms with Gasteiger partial charge in [-0.1, -0.05) is 36.8 Å². The minimum Gasteiger partial charge on any atom is -0.298 e. The summed E-state index contributed by atoms with van der Waals surface area (Å²) in [6, 6.07) is 12.1. The van der Waals surface area contributed by atoms with E-state index in [9.17, 15) is 0 Å². The number of benzene rings is 1. The molecule has 1 aromatic carbocycles. The molecule has 2 fully saturated rings. The topological polar surface area (TPSA) is 12.5 Å². The highest BCUT2D eigenvalue weighted by Crippen LogP contribution is 2.35. The van der Waals surface area contributed by atoms with E-state index in [0.29, 0.717) is 0 Å². The molecule has 0 aliphatic carbocycles. The summed E-state index contributed by atoms with van der Waals surface area (Å²) < 4.78 is 0. The van der Waals surface area contributed by atoms with Crippen LogP contribution in [-0.4, -0.2) is 23.8 Å². The van der Waals surface area contributed by atoms with Crippen molar-refractivity contribution in [2.24, 2.45) is 0 Å². The molecule has 2 aliphatic rings. The second-order valence-electron chi connectivity index (χ2n) is 5.60. The zero-order valence-electron chi connectivity index (χ0n) is 11.1. The largest absolute Gasteiger partial charge is 0.298 e. The molecule has 0 radical (unpaired) electrons. The maximum Gasteiger partial charge on any atom is 0.0688 e. The minimum atomic E-state index is 0.723. The summed E-state index contributed by atoms with van der Waals surface area (Å²) in [4.78, 5) is 6.03. The number of hydrogen-bond acceptors (Lipinski definition) is 2. The van der Waals surface area contributed by atoms with Crippen LogP contribution in [0.3, 0.4) is 0 Å². The molecule has 2 bridgehead atoms. The summed E-state index contributed by atoms with van der Waals surface area (Å²) in [5.41, 5.74) is 1.42. The second kappa shape index (κ2) is 5.85. The molecule has 2 unspecified atom stereocenters. The first kappa shape index (κ1) is 12.2. The Morgan fingerprint density at radius 3 is 2.44 bits per heavy atom. The van der Waals surface area contributed by atoms with Crippen LogP contribution in [0.2, 0.25) is 0 Å². The van der Waals surface area contributed by atoms with Crippen LogP contribution < -0.4 is 0 Å². The van der Waals surface area contributed by atoms with Crippen LogP contribution in [-0.2, 0) is 11.3 Å². The van der Waals surface area contributed by atoms with Crippen molar-refractivity contribution in [1.82, 2.24) is 5.06 Å². The molecular weight excluding hydrogens is 222 g/mol. The van der Waals surface area contributed by atoms with Crippen molar-refractivity contribution in [3.8, 4) is 0 Å². The normalized spacial score (nSPS) is 27.6. The predicted octanol–water partition coefficient (Wildman–Crippen LogP) is 3.57. The van der Waals surface area contributed by atoms with Gasteiger partial charge in [0.2, 0.25) is 0 Å². The van der Waals surface area contributed by atoms with E-state index < -0.39 is 0 Å². The molecule has 18 heavy (non-hydrogen) atoms. The summed E-state index contributed by atoms with van der Waals surface area (Å²) in [6.45, 7) is 0.877. The fraction of sp³-hybridized carbons (Fsp3) is 0.625. The van der Waals surface area contributed by atoms with Gasteiger partial charge in [-0.05, 0) is 44.1 Å². The highest BCUT2D eigenvalue weighted by atomic mass is 16.7. The van der Waals surface area contributed by atoms with Crippen molar-refractivity contribution >= 4 is 0 Å². The van der Waals surface area contributed by atoms with Crippen molar-refractivity contribution in [2.45, 2.75) is 57.0 Å². The molecule has 0 aromatic heterocycles. The highest BCUT2D eigenvalue weighted by Gasteiger charge is 2.37. The van der Waals surface area contributed by atoms with E-state index in [1.54, 1.807) is 0 Å². The third-order valence-electron chi connectivity index (χ3n) is 4.32. The molecular formula is C16H23NO. The lowest BCUT2D eigenvalue weighted by atomic mass is 10.1. The van der Waals surface area contributed by atoms with Crippen LogP contribution in [0.25, 0.3) is 0 Å². The van der Waals surface area contributed by atoms with Gasteiger partial charge in [-0.25, -0.2) is 0 Å². The summed E-state index contributed by atoms with van der Waals surface area (Å²) in [5, 5.41) is 2.33. The summed E-state index contributed by atoms with van der Waals surface area (Å²) >= 11 is 0. The van der Waals surface area contributed by atoms with E-state index >= 15 is 0 Å². The maximum atomic E-state index is 6.03. The molecule has 98 valence electrons. The van der Waals surface area contributed by atoms with Crippen molar-refractivity contribution < 1.29 is 4.84 Å². The number of hydroxylamine groups is 2.